The van der Waals surface area contributed by atoms with Crippen LogP contribution in [0.25, 0.3) is 0 Å². The molecular weight excluding hydrogens is 645 g/mol. The van der Waals surface area contributed by atoms with Gasteiger partial charge in [0.25, 0.3) is 0 Å². The van der Waals surface area contributed by atoms with Crippen LogP contribution >= 0.6 is 19.2 Å². The molecule has 4 aromatic carbocycles. The van der Waals surface area contributed by atoms with Crippen molar-refractivity contribution in [3.05, 3.63) is 119 Å². The molecule has 0 N–H and O–H groups in total. The molecule has 242 valence electrons. The van der Waals surface area contributed by atoms with Gasteiger partial charge in [-0.05, 0) is 97.8 Å². The molecule has 0 heterocycles. The maximum absolute atomic E-state index is 12.6. The number of benzene rings is 4. The molecule has 5 nitrogen and oxygen atoms in total. The topological polar surface area (TPSA) is 54.0 Å². The lowest BCUT2D eigenvalue weighted by molar-refractivity contribution is -0.138. The Morgan fingerprint density at radius 2 is 1.00 bits per heavy atom. The van der Waals surface area contributed by atoms with Crippen LogP contribution in [0.3, 0.4) is 0 Å². The zero-order valence-electron chi connectivity index (χ0n) is 24.2. The largest absolute Gasteiger partial charge is 0.457 e. The van der Waals surface area contributed by atoms with Crippen molar-refractivity contribution in [3.8, 4) is 23.0 Å². The van der Waals surface area contributed by atoms with E-state index in [1.54, 1.807) is 56.3 Å². The van der Waals surface area contributed by atoms with Crippen molar-refractivity contribution in [1.29, 1.82) is 0 Å². The van der Waals surface area contributed by atoms with Gasteiger partial charge in [-0.3, -0.25) is 4.57 Å². The minimum Gasteiger partial charge on any atom is -0.457 e. The summed E-state index contributed by atoms with van der Waals surface area (Å²) in [6.07, 6.45) is -8.64. The molecule has 0 bridgehead atoms. The van der Waals surface area contributed by atoms with E-state index in [9.17, 15) is 30.9 Å². The van der Waals surface area contributed by atoms with E-state index < -0.39 is 31.1 Å². The quantitative estimate of drug-likeness (QED) is 0.0900. The Hall–Kier alpha value is -3.50. The van der Waals surface area contributed by atoms with Gasteiger partial charge in [0, 0.05) is 5.88 Å². The van der Waals surface area contributed by atoms with Crippen LogP contribution < -0.4 is 9.47 Å². The molecule has 0 fully saturated rings. The highest BCUT2D eigenvalue weighted by molar-refractivity contribution is 7.53. The number of halogens is 7. The van der Waals surface area contributed by atoms with E-state index in [0.29, 0.717) is 28.7 Å². The first-order valence-corrected chi connectivity index (χ1v) is 15.8. The normalized spacial score (nSPS) is 11.8. The van der Waals surface area contributed by atoms with Crippen molar-refractivity contribution in [3.63, 3.8) is 0 Å². The number of rotatable bonds is 11. The molecule has 0 aliphatic heterocycles. The summed E-state index contributed by atoms with van der Waals surface area (Å²) in [5, 5.41) is 0. The molecular formula is C32H30ClF6O5P. The molecule has 4 aromatic rings. The third-order valence-corrected chi connectivity index (χ3v) is 8.18. The number of hydrogen-bond donors (Lipinski definition) is 0. The maximum Gasteiger partial charge on any atom is 0.416 e. The Balaban J connectivity index is 0.000000257. The molecule has 0 spiro atoms. The van der Waals surface area contributed by atoms with Gasteiger partial charge in [0.15, 0.2) is 0 Å². The van der Waals surface area contributed by atoms with Gasteiger partial charge in [0.2, 0.25) is 0 Å². The molecule has 0 radical (unpaired) electrons. The Morgan fingerprint density at radius 1 is 0.600 bits per heavy atom. The Labute approximate surface area is 262 Å². The molecule has 0 aliphatic rings. The van der Waals surface area contributed by atoms with Crippen molar-refractivity contribution in [2.24, 2.45) is 0 Å². The number of ether oxygens (including phenoxy) is 2. The molecule has 0 unspecified atom stereocenters. The predicted molar refractivity (Wildman–Crippen MR) is 160 cm³/mol. The zero-order valence-corrected chi connectivity index (χ0v) is 25.9. The Morgan fingerprint density at radius 3 is 1.38 bits per heavy atom. The van der Waals surface area contributed by atoms with Crippen LogP contribution in [-0.2, 0) is 38.0 Å². The Bertz CT molecular complexity index is 1530. The maximum atomic E-state index is 12.6. The molecule has 0 saturated heterocycles. The van der Waals surface area contributed by atoms with Gasteiger partial charge in [-0.25, -0.2) is 0 Å². The second kappa shape index (κ2) is 16.2. The van der Waals surface area contributed by atoms with Crippen molar-refractivity contribution >= 4 is 19.2 Å². The minimum atomic E-state index is -4.39. The van der Waals surface area contributed by atoms with Gasteiger partial charge in [-0.15, -0.1) is 11.6 Å². The highest BCUT2D eigenvalue weighted by atomic mass is 35.5. The zero-order chi connectivity index (χ0) is 33.1. The van der Waals surface area contributed by atoms with E-state index in [4.69, 9.17) is 30.1 Å². The first kappa shape index (κ1) is 36.0. The summed E-state index contributed by atoms with van der Waals surface area (Å²) in [6.45, 7) is 3.99. The summed E-state index contributed by atoms with van der Waals surface area (Å²) >= 11 is 5.69. The lowest BCUT2D eigenvalue weighted by atomic mass is 10.2. The van der Waals surface area contributed by atoms with Gasteiger partial charge in [0.1, 0.15) is 23.0 Å². The van der Waals surface area contributed by atoms with Crippen LogP contribution in [0.1, 0.15) is 36.1 Å². The van der Waals surface area contributed by atoms with Crippen LogP contribution in [0.2, 0.25) is 0 Å². The fraction of sp³-hybridized carbons (Fsp3) is 0.250. The number of hydrogen-bond acceptors (Lipinski definition) is 5. The van der Waals surface area contributed by atoms with E-state index in [2.05, 4.69) is 0 Å². The summed E-state index contributed by atoms with van der Waals surface area (Å²) in [5.41, 5.74) is 0.119. The first-order chi connectivity index (χ1) is 21.2. The third kappa shape index (κ3) is 11.7. The molecule has 13 heteroatoms. The molecule has 0 saturated carbocycles. The second-order valence-corrected chi connectivity index (χ2v) is 11.6. The summed E-state index contributed by atoms with van der Waals surface area (Å²) < 4.78 is 109. The van der Waals surface area contributed by atoms with Crippen molar-refractivity contribution < 1.29 is 49.4 Å². The van der Waals surface area contributed by atoms with Crippen LogP contribution in [0.15, 0.2) is 97.1 Å². The van der Waals surface area contributed by atoms with E-state index >= 15 is 0 Å². The lowest BCUT2D eigenvalue weighted by Gasteiger charge is -2.17. The monoisotopic (exact) mass is 674 g/mol. The van der Waals surface area contributed by atoms with E-state index in [0.717, 1.165) is 29.8 Å². The lowest BCUT2D eigenvalue weighted by Crippen LogP contribution is -2.04. The SMILES string of the molecule is CCOP(=O)(Cc1cccc(Oc2ccc(C(F)(F)F)cc2)c1)OCC.FC(F)(F)c1ccc(Oc2cccc(CCl)c2)cc1. The van der Waals surface area contributed by atoms with Crippen molar-refractivity contribution in [1.82, 2.24) is 0 Å². The Kier molecular flexibility index (Phi) is 12.9. The van der Waals surface area contributed by atoms with E-state index in [-0.39, 0.29) is 25.1 Å². The van der Waals surface area contributed by atoms with Gasteiger partial charge in [0.05, 0.1) is 30.5 Å². The molecule has 0 atom stereocenters. The third-order valence-electron chi connectivity index (χ3n) is 5.81. The molecule has 0 aliphatic carbocycles. The van der Waals surface area contributed by atoms with Gasteiger partial charge >= 0.3 is 19.9 Å². The van der Waals surface area contributed by atoms with Gasteiger partial charge < -0.3 is 18.5 Å². The fourth-order valence-electron chi connectivity index (χ4n) is 3.84. The summed E-state index contributed by atoms with van der Waals surface area (Å²) in [5.74, 6) is 1.93. The number of alkyl halides is 7. The standard InChI is InChI=1S/C18H20F3O4P.C14H10ClF3O/c1-3-23-26(22,24-4-2)13-14-6-5-7-17(12-14)25-16-10-8-15(9-11-16)18(19,20)21;15-9-10-2-1-3-13(8-10)19-12-6-4-11(5-7-12)14(16,17)18/h5-12H,3-4,13H2,1-2H3;1-8H,9H2. The summed E-state index contributed by atoms with van der Waals surface area (Å²) in [7, 11) is -3.25. The average Bonchev–Trinajstić information content (AvgIpc) is 2.97. The van der Waals surface area contributed by atoms with Crippen LogP contribution in [0.5, 0.6) is 23.0 Å². The smallest absolute Gasteiger partial charge is 0.416 e. The molecule has 4 rings (SSSR count). The summed E-state index contributed by atoms with van der Waals surface area (Å²) in [6, 6.07) is 22.8. The summed E-state index contributed by atoms with van der Waals surface area (Å²) in [4.78, 5) is 0. The van der Waals surface area contributed by atoms with Crippen LogP contribution in [0, 0.1) is 0 Å². The van der Waals surface area contributed by atoms with Crippen LogP contribution in [-0.4, -0.2) is 13.2 Å². The van der Waals surface area contributed by atoms with E-state index in [1.807, 2.05) is 6.07 Å². The van der Waals surface area contributed by atoms with Crippen molar-refractivity contribution in [2.45, 2.75) is 38.2 Å². The highest BCUT2D eigenvalue weighted by Crippen LogP contribution is 2.51. The van der Waals surface area contributed by atoms with E-state index in [1.165, 1.54) is 24.3 Å². The fourth-order valence-corrected chi connectivity index (χ4v) is 5.70. The molecule has 0 amide bonds. The minimum absolute atomic E-state index is 0.0822. The van der Waals surface area contributed by atoms with Gasteiger partial charge in [-0.2, -0.15) is 26.3 Å². The molecule has 45 heavy (non-hydrogen) atoms. The molecule has 0 aromatic heterocycles. The van der Waals surface area contributed by atoms with Gasteiger partial charge in [-0.1, -0.05) is 24.3 Å². The van der Waals surface area contributed by atoms with Crippen LogP contribution in [0.4, 0.5) is 26.3 Å². The first-order valence-electron chi connectivity index (χ1n) is 13.6. The van der Waals surface area contributed by atoms with Crippen molar-refractivity contribution in [2.75, 3.05) is 13.2 Å². The second-order valence-electron chi connectivity index (χ2n) is 9.28. The predicted octanol–water partition coefficient (Wildman–Crippen LogP) is 11.5. The highest BCUT2D eigenvalue weighted by Gasteiger charge is 2.31. The average molecular weight is 675 g/mol.